The van der Waals surface area contributed by atoms with Crippen molar-refractivity contribution in [2.24, 2.45) is 0 Å². The topological polar surface area (TPSA) is 60.9 Å². The Morgan fingerprint density at radius 1 is 1.10 bits per heavy atom. The molecule has 6 nitrogen and oxygen atoms in total. The lowest BCUT2D eigenvalue weighted by atomic mass is 10.1. The van der Waals surface area contributed by atoms with Gasteiger partial charge in [-0.25, -0.2) is 4.98 Å². The van der Waals surface area contributed by atoms with Gasteiger partial charge in [0.1, 0.15) is 17.6 Å². The van der Waals surface area contributed by atoms with Crippen molar-refractivity contribution in [1.29, 1.82) is 0 Å². The fourth-order valence-corrected chi connectivity index (χ4v) is 2.77. The first-order valence-corrected chi connectivity index (χ1v) is 9.40. The van der Waals surface area contributed by atoms with Crippen molar-refractivity contribution >= 4 is 5.97 Å². The first-order valence-electron chi connectivity index (χ1n) is 9.40. The van der Waals surface area contributed by atoms with Crippen LogP contribution in [-0.4, -0.2) is 48.7 Å². The van der Waals surface area contributed by atoms with Gasteiger partial charge in [-0.05, 0) is 58.3 Å². The zero-order valence-electron chi connectivity index (χ0n) is 17.3. The largest absolute Gasteiger partial charge is 0.489 e. The smallest absolute Gasteiger partial charge is 0.417 e. The van der Waals surface area contributed by atoms with Gasteiger partial charge < -0.3 is 19.1 Å². The Kier molecular flexibility index (Phi) is 8.05. The number of alkyl halides is 3. The number of ether oxygens (including phenoxy) is 3. The third-order valence-electron chi connectivity index (χ3n) is 4.32. The molecule has 30 heavy (non-hydrogen) atoms. The minimum atomic E-state index is -4.45. The van der Waals surface area contributed by atoms with Crippen LogP contribution in [0.5, 0.6) is 17.4 Å². The zero-order chi connectivity index (χ0) is 22.3. The number of carbonyl (C=O) groups is 1. The van der Waals surface area contributed by atoms with Gasteiger partial charge in [-0.3, -0.25) is 4.79 Å². The summed E-state index contributed by atoms with van der Waals surface area (Å²) in [6.07, 6.45) is -3.83. The van der Waals surface area contributed by atoms with E-state index in [1.165, 1.54) is 0 Å². The van der Waals surface area contributed by atoms with E-state index in [1.807, 2.05) is 25.9 Å². The van der Waals surface area contributed by atoms with Gasteiger partial charge >= 0.3 is 12.1 Å². The van der Waals surface area contributed by atoms with Crippen LogP contribution in [0.1, 0.15) is 25.8 Å². The van der Waals surface area contributed by atoms with Crippen molar-refractivity contribution < 1.29 is 32.2 Å². The standard InChI is InChI=1S/C21H25F3N2O4/c1-5-28-20(27)12-18(26(3)4)14(2)29-16-7-9-17(10-8-16)30-19-11-6-15(13-25-19)21(22,23)24/h6-11,13-14,18H,5,12H2,1-4H3. The number of hydrogen-bond acceptors (Lipinski definition) is 6. The number of pyridine rings is 1. The number of carbonyl (C=O) groups excluding carboxylic acids is 1. The molecule has 164 valence electrons. The van der Waals surface area contributed by atoms with Crippen molar-refractivity contribution in [3.05, 3.63) is 48.2 Å². The summed E-state index contributed by atoms with van der Waals surface area (Å²) in [6, 6.07) is 8.48. The first kappa shape index (κ1) is 23.5. The van der Waals surface area contributed by atoms with Crippen molar-refractivity contribution in [3.63, 3.8) is 0 Å². The predicted octanol–water partition coefficient (Wildman–Crippen LogP) is 4.54. The van der Waals surface area contributed by atoms with Crippen LogP contribution in [0.25, 0.3) is 0 Å². The number of benzene rings is 1. The van der Waals surface area contributed by atoms with E-state index in [9.17, 15) is 18.0 Å². The minimum absolute atomic E-state index is 0.0483. The second-order valence-corrected chi connectivity index (χ2v) is 6.82. The quantitative estimate of drug-likeness (QED) is 0.549. The van der Waals surface area contributed by atoms with E-state index in [1.54, 1.807) is 31.2 Å². The van der Waals surface area contributed by atoms with Crippen LogP contribution in [0.4, 0.5) is 13.2 Å². The SMILES string of the molecule is CCOC(=O)CC(C(C)Oc1ccc(Oc2ccc(C(F)(F)F)cn2)cc1)N(C)C. The van der Waals surface area contributed by atoms with Crippen molar-refractivity contribution in [2.45, 2.75) is 38.6 Å². The molecule has 0 saturated carbocycles. The molecule has 9 heteroatoms. The average molecular weight is 426 g/mol. The van der Waals surface area contributed by atoms with Crippen LogP contribution >= 0.6 is 0 Å². The molecular weight excluding hydrogens is 401 g/mol. The molecule has 1 aromatic carbocycles. The summed E-state index contributed by atoms with van der Waals surface area (Å²) in [7, 11) is 3.72. The molecule has 0 aliphatic carbocycles. The highest BCUT2D eigenvalue weighted by Crippen LogP contribution is 2.30. The van der Waals surface area contributed by atoms with Gasteiger partial charge in [-0.2, -0.15) is 13.2 Å². The lowest BCUT2D eigenvalue weighted by molar-refractivity contribution is -0.145. The Labute approximate surface area is 173 Å². The van der Waals surface area contributed by atoms with Crippen LogP contribution in [0.3, 0.4) is 0 Å². The van der Waals surface area contributed by atoms with Gasteiger partial charge in [0.15, 0.2) is 0 Å². The molecule has 0 saturated heterocycles. The van der Waals surface area contributed by atoms with Crippen LogP contribution in [-0.2, 0) is 15.7 Å². The number of halogens is 3. The van der Waals surface area contributed by atoms with E-state index in [4.69, 9.17) is 14.2 Å². The third kappa shape index (κ3) is 6.91. The molecule has 2 unspecified atom stereocenters. The summed E-state index contributed by atoms with van der Waals surface area (Å²) in [5, 5.41) is 0. The van der Waals surface area contributed by atoms with Crippen LogP contribution in [0.15, 0.2) is 42.6 Å². The molecule has 1 heterocycles. The molecule has 0 radical (unpaired) electrons. The molecule has 0 bridgehead atoms. The number of nitrogens with zero attached hydrogens (tertiary/aromatic N) is 2. The molecule has 0 spiro atoms. The second-order valence-electron chi connectivity index (χ2n) is 6.82. The highest BCUT2D eigenvalue weighted by Gasteiger charge is 2.30. The maximum Gasteiger partial charge on any atom is 0.417 e. The highest BCUT2D eigenvalue weighted by molar-refractivity contribution is 5.70. The Balaban J connectivity index is 1.98. The Morgan fingerprint density at radius 3 is 2.23 bits per heavy atom. The molecule has 2 atom stereocenters. The Hall–Kier alpha value is -2.81. The molecule has 0 aliphatic rings. The first-order chi connectivity index (χ1) is 14.1. The highest BCUT2D eigenvalue weighted by atomic mass is 19.4. The molecule has 0 fully saturated rings. The van der Waals surface area contributed by atoms with E-state index in [2.05, 4.69) is 4.98 Å². The number of esters is 1. The van der Waals surface area contributed by atoms with Crippen molar-refractivity contribution in [3.8, 4) is 17.4 Å². The van der Waals surface area contributed by atoms with Gasteiger partial charge in [0.2, 0.25) is 5.88 Å². The molecule has 0 amide bonds. The van der Waals surface area contributed by atoms with Crippen molar-refractivity contribution in [2.75, 3.05) is 20.7 Å². The Morgan fingerprint density at radius 2 is 1.73 bits per heavy atom. The minimum Gasteiger partial charge on any atom is -0.489 e. The van der Waals surface area contributed by atoms with Crippen LogP contribution < -0.4 is 9.47 Å². The van der Waals surface area contributed by atoms with E-state index in [0.717, 1.165) is 18.3 Å². The lowest BCUT2D eigenvalue weighted by Gasteiger charge is -2.29. The molecule has 0 N–H and O–H groups in total. The number of aromatic nitrogens is 1. The van der Waals surface area contributed by atoms with Crippen molar-refractivity contribution in [1.82, 2.24) is 9.88 Å². The molecule has 2 aromatic rings. The van der Waals surface area contributed by atoms with Gasteiger partial charge in [0, 0.05) is 12.3 Å². The maximum absolute atomic E-state index is 12.6. The van der Waals surface area contributed by atoms with E-state index in [0.29, 0.717) is 18.1 Å². The summed E-state index contributed by atoms with van der Waals surface area (Å²) < 4.78 is 54.2. The third-order valence-corrected chi connectivity index (χ3v) is 4.32. The zero-order valence-corrected chi connectivity index (χ0v) is 17.3. The second kappa shape index (κ2) is 10.3. The Bertz CT molecular complexity index is 808. The van der Waals surface area contributed by atoms with Crippen LogP contribution in [0.2, 0.25) is 0 Å². The number of rotatable bonds is 9. The maximum atomic E-state index is 12.6. The summed E-state index contributed by atoms with van der Waals surface area (Å²) >= 11 is 0. The number of likely N-dealkylation sites (N-methyl/N-ethyl adjacent to an activating group) is 1. The summed E-state index contributed by atoms with van der Waals surface area (Å²) in [5.41, 5.74) is -0.842. The van der Waals surface area contributed by atoms with E-state index < -0.39 is 11.7 Å². The summed E-state index contributed by atoms with van der Waals surface area (Å²) in [5.74, 6) is 0.718. The molecule has 2 rings (SSSR count). The predicted molar refractivity (Wildman–Crippen MR) is 105 cm³/mol. The summed E-state index contributed by atoms with van der Waals surface area (Å²) in [4.78, 5) is 17.4. The normalized spacial score (nSPS) is 13.6. The average Bonchev–Trinajstić information content (AvgIpc) is 2.67. The summed E-state index contributed by atoms with van der Waals surface area (Å²) in [6.45, 7) is 3.94. The molecule has 1 aromatic heterocycles. The van der Waals surface area contributed by atoms with E-state index in [-0.39, 0.29) is 30.4 Å². The fraction of sp³-hybridized carbons (Fsp3) is 0.429. The molecular formula is C21H25F3N2O4. The van der Waals surface area contributed by atoms with E-state index >= 15 is 0 Å². The lowest BCUT2D eigenvalue weighted by Crippen LogP contribution is -2.42. The monoisotopic (exact) mass is 426 g/mol. The van der Waals surface area contributed by atoms with Gasteiger partial charge in [0.05, 0.1) is 24.6 Å². The van der Waals surface area contributed by atoms with Gasteiger partial charge in [-0.1, -0.05) is 0 Å². The van der Waals surface area contributed by atoms with Gasteiger partial charge in [-0.15, -0.1) is 0 Å². The van der Waals surface area contributed by atoms with Crippen LogP contribution in [0, 0.1) is 0 Å². The fourth-order valence-electron chi connectivity index (χ4n) is 2.77. The van der Waals surface area contributed by atoms with Gasteiger partial charge in [0.25, 0.3) is 0 Å². The molecule has 0 aliphatic heterocycles. The number of hydrogen-bond donors (Lipinski definition) is 0.